The van der Waals surface area contributed by atoms with E-state index in [9.17, 15) is 10.1 Å². The van der Waals surface area contributed by atoms with Crippen LogP contribution in [0.25, 0.3) is 0 Å². The van der Waals surface area contributed by atoms with E-state index in [-0.39, 0.29) is 6.09 Å². The van der Waals surface area contributed by atoms with Gasteiger partial charge >= 0.3 is 6.09 Å². The van der Waals surface area contributed by atoms with Gasteiger partial charge in [-0.3, -0.25) is 4.98 Å². The maximum atomic E-state index is 12.1. The Kier molecular flexibility index (Phi) is 5.30. The largest absolute Gasteiger partial charge is 0.444 e. The van der Waals surface area contributed by atoms with Crippen molar-refractivity contribution < 1.29 is 9.53 Å². The molecule has 124 valence electrons. The van der Waals surface area contributed by atoms with Crippen LogP contribution in [-0.4, -0.2) is 34.7 Å². The minimum atomic E-state index is -0.499. The number of aromatic nitrogens is 1. The van der Waals surface area contributed by atoms with Crippen LogP contribution < -0.4 is 0 Å². The summed E-state index contributed by atoms with van der Waals surface area (Å²) in [5.41, 5.74) is 0.0747. The normalized spacial score (nSPS) is 17.4. The monoisotopic (exact) mass is 379 g/mol. The fourth-order valence-corrected chi connectivity index (χ4v) is 3.04. The molecule has 0 spiro atoms. The van der Waals surface area contributed by atoms with E-state index >= 15 is 0 Å². The summed E-state index contributed by atoms with van der Waals surface area (Å²) in [5, 5.41) is 9.68. The molecule has 23 heavy (non-hydrogen) atoms. The Morgan fingerprint density at radius 1 is 1.48 bits per heavy atom. The van der Waals surface area contributed by atoms with E-state index in [2.05, 4.69) is 27.0 Å². The van der Waals surface area contributed by atoms with E-state index in [1.54, 1.807) is 17.3 Å². The molecule has 0 saturated carbocycles. The van der Waals surface area contributed by atoms with Crippen molar-refractivity contribution in [3.05, 3.63) is 28.5 Å². The Morgan fingerprint density at radius 3 is 2.65 bits per heavy atom. The summed E-state index contributed by atoms with van der Waals surface area (Å²) in [7, 11) is 0. The van der Waals surface area contributed by atoms with Gasteiger partial charge in [0.05, 0.1) is 11.5 Å². The van der Waals surface area contributed by atoms with E-state index in [1.807, 2.05) is 26.8 Å². The van der Waals surface area contributed by atoms with Gasteiger partial charge < -0.3 is 9.64 Å². The lowest BCUT2D eigenvalue weighted by Crippen LogP contribution is -2.45. The van der Waals surface area contributed by atoms with E-state index in [0.29, 0.717) is 32.4 Å². The molecular weight excluding hydrogens is 358 g/mol. The minimum Gasteiger partial charge on any atom is -0.444 e. The molecular formula is C17H22BrN3O2. The second-order valence-corrected chi connectivity index (χ2v) is 7.86. The van der Waals surface area contributed by atoms with Gasteiger partial charge in [0.2, 0.25) is 0 Å². The summed E-state index contributed by atoms with van der Waals surface area (Å²) in [4.78, 5) is 18.0. The minimum absolute atomic E-state index is 0.299. The van der Waals surface area contributed by atoms with E-state index < -0.39 is 11.0 Å². The van der Waals surface area contributed by atoms with Gasteiger partial charge in [-0.2, -0.15) is 5.26 Å². The number of piperidine rings is 1. The maximum absolute atomic E-state index is 12.1. The van der Waals surface area contributed by atoms with Gasteiger partial charge in [0.15, 0.2) is 0 Å². The number of rotatable bonds is 2. The molecule has 0 N–H and O–H groups in total. The number of ether oxygens (including phenoxy) is 1. The molecule has 0 aliphatic carbocycles. The van der Waals surface area contributed by atoms with Crippen LogP contribution in [0.4, 0.5) is 4.79 Å². The van der Waals surface area contributed by atoms with Crippen molar-refractivity contribution in [1.82, 2.24) is 9.88 Å². The lowest BCUT2D eigenvalue weighted by molar-refractivity contribution is 0.0148. The molecule has 1 amide bonds. The van der Waals surface area contributed by atoms with Crippen molar-refractivity contribution in [3.63, 3.8) is 0 Å². The topological polar surface area (TPSA) is 66.2 Å². The highest BCUT2D eigenvalue weighted by molar-refractivity contribution is 9.10. The van der Waals surface area contributed by atoms with Gasteiger partial charge in [-0.15, -0.1) is 0 Å². The van der Waals surface area contributed by atoms with E-state index in [1.165, 1.54) is 0 Å². The highest BCUT2D eigenvalue weighted by Gasteiger charge is 2.37. The number of nitriles is 1. The molecule has 1 aromatic rings. The Hall–Kier alpha value is -1.61. The smallest absolute Gasteiger partial charge is 0.410 e. The lowest BCUT2D eigenvalue weighted by Gasteiger charge is -2.38. The van der Waals surface area contributed by atoms with Crippen LogP contribution in [0.2, 0.25) is 0 Å². The summed E-state index contributed by atoms with van der Waals surface area (Å²) >= 11 is 3.51. The average Bonchev–Trinajstić information content (AvgIpc) is 2.48. The Morgan fingerprint density at radius 2 is 2.13 bits per heavy atom. The summed E-state index contributed by atoms with van der Waals surface area (Å²) in [6, 6.07) is 4.36. The molecule has 2 rings (SSSR count). The Labute approximate surface area is 145 Å². The number of pyridine rings is 1. The van der Waals surface area contributed by atoms with Crippen molar-refractivity contribution in [2.75, 3.05) is 13.1 Å². The van der Waals surface area contributed by atoms with Gasteiger partial charge in [-0.25, -0.2) is 4.79 Å². The molecule has 0 bridgehead atoms. The van der Waals surface area contributed by atoms with Gasteiger partial charge in [-0.05, 0) is 51.7 Å². The van der Waals surface area contributed by atoms with E-state index in [4.69, 9.17) is 4.74 Å². The van der Waals surface area contributed by atoms with Crippen LogP contribution in [0, 0.1) is 16.7 Å². The van der Waals surface area contributed by atoms with Crippen LogP contribution >= 0.6 is 15.9 Å². The van der Waals surface area contributed by atoms with Gasteiger partial charge in [0.1, 0.15) is 5.60 Å². The molecule has 1 fully saturated rings. The lowest BCUT2D eigenvalue weighted by atomic mass is 9.75. The maximum Gasteiger partial charge on any atom is 0.410 e. The van der Waals surface area contributed by atoms with Crippen LogP contribution in [-0.2, 0) is 11.2 Å². The number of hydrogen-bond acceptors (Lipinski definition) is 4. The van der Waals surface area contributed by atoms with Crippen molar-refractivity contribution in [2.24, 2.45) is 5.41 Å². The van der Waals surface area contributed by atoms with Crippen LogP contribution in [0.1, 0.15) is 39.2 Å². The molecule has 5 nitrogen and oxygen atoms in total. The summed E-state index contributed by atoms with van der Waals surface area (Å²) < 4.78 is 6.37. The molecule has 1 aliphatic heterocycles. The first-order valence-corrected chi connectivity index (χ1v) is 8.52. The molecule has 1 aromatic heterocycles. The van der Waals surface area contributed by atoms with Crippen molar-refractivity contribution in [2.45, 2.75) is 45.6 Å². The number of amides is 1. The molecule has 2 heterocycles. The summed E-state index contributed by atoms with van der Waals surface area (Å²) in [6.45, 7) is 6.65. The van der Waals surface area contributed by atoms with Gasteiger partial charge in [0, 0.05) is 30.0 Å². The standard InChI is InChI=1S/C17H22BrN3O2/c1-16(2,3)23-15(22)21-8-5-17(12-19,6-9-21)10-13-11-20-7-4-14(13)18/h4,7,11H,5-6,8-10H2,1-3H3. The van der Waals surface area contributed by atoms with Gasteiger partial charge in [0.25, 0.3) is 0 Å². The number of hydrogen-bond donors (Lipinski definition) is 0. The van der Waals surface area contributed by atoms with Crippen LogP contribution in [0.3, 0.4) is 0 Å². The first-order chi connectivity index (χ1) is 10.7. The second kappa shape index (κ2) is 6.88. The van der Waals surface area contributed by atoms with Crippen LogP contribution in [0.15, 0.2) is 22.9 Å². The number of carbonyl (C=O) groups excluding carboxylic acids is 1. The fraction of sp³-hybridized carbons (Fsp3) is 0.588. The fourth-order valence-electron chi connectivity index (χ4n) is 2.68. The average molecular weight is 380 g/mol. The Balaban J connectivity index is 2.02. The van der Waals surface area contributed by atoms with Crippen molar-refractivity contribution >= 4 is 22.0 Å². The highest BCUT2D eigenvalue weighted by Crippen LogP contribution is 2.36. The molecule has 6 heteroatoms. The van der Waals surface area contributed by atoms with Crippen molar-refractivity contribution in [3.8, 4) is 6.07 Å². The zero-order chi connectivity index (χ0) is 17.1. The molecule has 0 radical (unpaired) electrons. The number of likely N-dealkylation sites (tertiary alicyclic amines) is 1. The second-order valence-electron chi connectivity index (χ2n) is 7.00. The number of halogens is 1. The zero-order valence-corrected chi connectivity index (χ0v) is 15.4. The number of nitrogens with zero attached hydrogens (tertiary/aromatic N) is 3. The number of carbonyl (C=O) groups is 1. The Bertz CT molecular complexity index is 611. The van der Waals surface area contributed by atoms with Gasteiger partial charge in [-0.1, -0.05) is 15.9 Å². The highest BCUT2D eigenvalue weighted by atomic mass is 79.9. The molecule has 1 saturated heterocycles. The van der Waals surface area contributed by atoms with Crippen LogP contribution in [0.5, 0.6) is 0 Å². The zero-order valence-electron chi connectivity index (χ0n) is 13.8. The third-order valence-electron chi connectivity index (χ3n) is 3.98. The first kappa shape index (κ1) is 17.7. The van der Waals surface area contributed by atoms with E-state index in [0.717, 1.165) is 10.0 Å². The molecule has 0 aromatic carbocycles. The molecule has 0 unspecified atom stereocenters. The third-order valence-corrected chi connectivity index (χ3v) is 4.76. The SMILES string of the molecule is CC(C)(C)OC(=O)N1CCC(C#N)(Cc2cnccc2Br)CC1. The first-order valence-electron chi connectivity index (χ1n) is 7.72. The third kappa shape index (κ3) is 4.68. The molecule has 1 aliphatic rings. The summed E-state index contributed by atoms with van der Waals surface area (Å²) in [6.07, 6.45) is 5.14. The quantitative estimate of drug-likeness (QED) is 0.780. The van der Waals surface area contributed by atoms with Crippen molar-refractivity contribution in [1.29, 1.82) is 5.26 Å². The molecule has 0 atom stereocenters. The predicted molar refractivity (Wildman–Crippen MR) is 90.7 cm³/mol. The summed E-state index contributed by atoms with van der Waals surface area (Å²) in [5.74, 6) is 0. The predicted octanol–water partition coefficient (Wildman–Crippen LogP) is 3.93.